The van der Waals surface area contributed by atoms with Crippen molar-refractivity contribution in [2.45, 2.75) is 13.0 Å². The summed E-state index contributed by atoms with van der Waals surface area (Å²) in [4.78, 5) is 2.27. The summed E-state index contributed by atoms with van der Waals surface area (Å²) in [5, 5.41) is 4.14. The maximum Gasteiger partial charge on any atom is 0.151 e. The number of rotatable bonds is 5. The summed E-state index contributed by atoms with van der Waals surface area (Å²) < 4.78 is 10.8. The first-order chi connectivity index (χ1) is 9.81. The second-order valence-corrected chi connectivity index (χ2v) is 5.47. The molecular formula is C16H20N2O2. The Labute approximate surface area is 119 Å². The van der Waals surface area contributed by atoms with Gasteiger partial charge in [-0.25, -0.2) is 0 Å². The van der Waals surface area contributed by atoms with E-state index in [9.17, 15) is 0 Å². The van der Waals surface area contributed by atoms with Gasteiger partial charge in [0, 0.05) is 24.8 Å². The van der Waals surface area contributed by atoms with Crippen LogP contribution in [0.25, 0.3) is 11.3 Å². The van der Waals surface area contributed by atoms with E-state index in [1.807, 2.05) is 36.4 Å². The standard InChI is InChI=1S/C16H20N2O2/c1-18(10-13-7-8-19-12-13)11-15-9-16(17-20-15)14-5-3-2-4-6-14/h2-6,9,13H,7-8,10-12H2,1H3. The predicted molar refractivity (Wildman–Crippen MR) is 77.2 cm³/mol. The molecule has 106 valence electrons. The zero-order chi connectivity index (χ0) is 13.8. The second-order valence-electron chi connectivity index (χ2n) is 5.47. The molecule has 1 aliphatic heterocycles. The Hall–Kier alpha value is -1.65. The first-order valence-corrected chi connectivity index (χ1v) is 7.08. The molecule has 1 saturated heterocycles. The highest BCUT2D eigenvalue weighted by Gasteiger charge is 2.18. The van der Waals surface area contributed by atoms with Crippen molar-refractivity contribution in [1.29, 1.82) is 0 Å². The fourth-order valence-electron chi connectivity index (χ4n) is 2.63. The highest BCUT2D eigenvalue weighted by molar-refractivity contribution is 5.58. The Morgan fingerprint density at radius 2 is 2.15 bits per heavy atom. The molecular weight excluding hydrogens is 252 g/mol. The van der Waals surface area contributed by atoms with Crippen molar-refractivity contribution in [3.05, 3.63) is 42.2 Å². The van der Waals surface area contributed by atoms with E-state index in [0.29, 0.717) is 5.92 Å². The van der Waals surface area contributed by atoms with Crippen LogP contribution >= 0.6 is 0 Å². The van der Waals surface area contributed by atoms with Gasteiger partial charge in [0.25, 0.3) is 0 Å². The number of ether oxygens (including phenoxy) is 1. The third kappa shape index (κ3) is 3.26. The van der Waals surface area contributed by atoms with Crippen LogP contribution in [0.5, 0.6) is 0 Å². The summed E-state index contributed by atoms with van der Waals surface area (Å²) in [6.07, 6.45) is 1.16. The Morgan fingerprint density at radius 3 is 2.90 bits per heavy atom. The summed E-state index contributed by atoms with van der Waals surface area (Å²) in [5.74, 6) is 1.56. The van der Waals surface area contributed by atoms with Gasteiger partial charge in [-0.3, -0.25) is 4.90 Å². The van der Waals surface area contributed by atoms with E-state index in [4.69, 9.17) is 9.26 Å². The van der Waals surface area contributed by atoms with Crippen LogP contribution in [0.1, 0.15) is 12.2 Å². The van der Waals surface area contributed by atoms with Crippen LogP contribution in [0.2, 0.25) is 0 Å². The lowest BCUT2D eigenvalue weighted by molar-refractivity contribution is 0.169. The van der Waals surface area contributed by atoms with Gasteiger partial charge < -0.3 is 9.26 Å². The van der Waals surface area contributed by atoms with Crippen LogP contribution in [0.4, 0.5) is 0 Å². The van der Waals surface area contributed by atoms with Gasteiger partial charge in [0.05, 0.1) is 13.2 Å². The van der Waals surface area contributed by atoms with Gasteiger partial charge >= 0.3 is 0 Å². The van der Waals surface area contributed by atoms with Crippen molar-refractivity contribution in [3.8, 4) is 11.3 Å². The van der Waals surface area contributed by atoms with Crippen LogP contribution in [0, 0.1) is 5.92 Å². The number of hydrogen-bond acceptors (Lipinski definition) is 4. The highest BCUT2D eigenvalue weighted by atomic mass is 16.5. The van der Waals surface area contributed by atoms with Crippen molar-refractivity contribution >= 4 is 0 Å². The molecule has 0 saturated carbocycles. The quantitative estimate of drug-likeness (QED) is 0.839. The lowest BCUT2D eigenvalue weighted by Gasteiger charge is -2.18. The van der Waals surface area contributed by atoms with Gasteiger partial charge in [-0.05, 0) is 19.4 Å². The molecule has 20 heavy (non-hydrogen) atoms. The fourth-order valence-corrected chi connectivity index (χ4v) is 2.63. The van der Waals surface area contributed by atoms with Gasteiger partial charge in [-0.2, -0.15) is 0 Å². The molecule has 1 unspecified atom stereocenters. The van der Waals surface area contributed by atoms with Crippen LogP contribution in [0.3, 0.4) is 0 Å². The first-order valence-electron chi connectivity index (χ1n) is 7.08. The monoisotopic (exact) mass is 272 g/mol. The number of aromatic nitrogens is 1. The number of hydrogen-bond donors (Lipinski definition) is 0. The van der Waals surface area contributed by atoms with E-state index in [2.05, 4.69) is 17.1 Å². The molecule has 0 spiro atoms. The summed E-state index contributed by atoms with van der Waals surface area (Å²) in [7, 11) is 2.11. The molecule has 3 rings (SSSR count). The van der Waals surface area contributed by atoms with Crippen LogP contribution in [-0.2, 0) is 11.3 Å². The third-order valence-electron chi connectivity index (χ3n) is 3.65. The lowest BCUT2D eigenvalue weighted by Crippen LogP contribution is -2.25. The largest absolute Gasteiger partial charge is 0.381 e. The van der Waals surface area contributed by atoms with Crippen molar-refractivity contribution < 1.29 is 9.26 Å². The van der Waals surface area contributed by atoms with Gasteiger partial charge in [-0.1, -0.05) is 35.5 Å². The smallest absolute Gasteiger partial charge is 0.151 e. The average Bonchev–Trinajstić information content (AvgIpc) is 3.11. The average molecular weight is 272 g/mol. The minimum atomic E-state index is 0.650. The maximum absolute atomic E-state index is 5.43. The zero-order valence-electron chi connectivity index (χ0n) is 11.8. The molecule has 4 heteroatoms. The molecule has 2 aromatic rings. The third-order valence-corrected chi connectivity index (χ3v) is 3.65. The van der Waals surface area contributed by atoms with Crippen LogP contribution in [0.15, 0.2) is 40.9 Å². The SMILES string of the molecule is CN(Cc1cc(-c2ccccc2)no1)CC1CCOC1. The van der Waals surface area contributed by atoms with Crippen molar-refractivity contribution in [3.63, 3.8) is 0 Å². The molecule has 0 bridgehead atoms. The van der Waals surface area contributed by atoms with E-state index in [1.165, 1.54) is 0 Å². The summed E-state index contributed by atoms with van der Waals surface area (Å²) >= 11 is 0. The second kappa shape index (κ2) is 6.20. The van der Waals surface area contributed by atoms with Gasteiger partial charge in [-0.15, -0.1) is 0 Å². The minimum Gasteiger partial charge on any atom is -0.381 e. The molecule has 0 aliphatic carbocycles. The Kier molecular flexibility index (Phi) is 4.14. The van der Waals surface area contributed by atoms with E-state index >= 15 is 0 Å². The summed E-state index contributed by atoms with van der Waals surface area (Å²) in [5.41, 5.74) is 1.99. The first kappa shape index (κ1) is 13.3. The molecule has 1 aliphatic rings. The van der Waals surface area contributed by atoms with Gasteiger partial charge in [0.1, 0.15) is 5.69 Å². The van der Waals surface area contributed by atoms with Crippen molar-refractivity contribution in [2.75, 3.05) is 26.8 Å². The molecule has 1 fully saturated rings. The minimum absolute atomic E-state index is 0.650. The van der Waals surface area contributed by atoms with Crippen LogP contribution < -0.4 is 0 Å². The van der Waals surface area contributed by atoms with Gasteiger partial charge in [0.2, 0.25) is 0 Å². The lowest BCUT2D eigenvalue weighted by atomic mass is 10.1. The molecule has 1 aromatic carbocycles. The fraction of sp³-hybridized carbons (Fsp3) is 0.438. The topological polar surface area (TPSA) is 38.5 Å². The Bertz CT molecular complexity index is 532. The number of nitrogens with zero attached hydrogens (tertiary/aromatic N) is 2. The molecule has 1 aromatic heterocycles. The molecule has 4 nitrogen and oxygen atoms in total. The summed E-state index contributed by atoms with van der Waals surface area (Å²) in [6, 6.07) is 12.1. The molecule has 1 atom stereocenters. The zero-order valence-corrected chi connectivity index (χ0v) is 11.8. The predicted octanol–water partition coefficient (Wildman–Crippen LogP) is 2.81. The normalized spacial score (nSPS) is 18.8. The maximum atomic E-state index is 5.43. The summed E-state index contributed by atoms with van der Waals surface area (Å²) in [6.45, 7) is 3.62. The van der Waals surface area contributed by atoms with Crippen molar-refractivity contribution in [2.24, 2.45) is 5.92 Å². The molecule has 0 N–H and O–H groups in total. The highest BCUT2D eigenvalue weighted by Crippen LogP contribution is 2.20. The van der Waals surface area contributed by atoms with Crippen LogP contribution in [-0.4, -0.2) is 36.9 Å². The number of benzene rings is 1. The van der Waals surface area contributed by atoms with E-state index in [1.54, 1.807) is 0 Å². The Balaban J connectivity index is 1.59. The van der Waals surface area contributed by atoms with E-state index in [0.717, 1.165) is 49.7 Å². The van der Waals surface area contributed by atoms with E-state index < -0.39 is 0 Å². The van der Waals surface area contributed by atoms with Crippen molar-refractivity contribution in [1.82, 2.24) is 10.1 Å². The van der Waals surface area contributed by atoms with Gasteiger partial charge in [0.15, 0.2) is 5.76 Å². The van der Waals surface area contributed by atoms with E-state index in [-0.39, 0.29) is 0 Å². The molecule has 0 amide bonds. The Morgan fingerprint density at radius 1 is 1.30 bits per heavy atom. The molecule has 2 heterocycles. The molecule has 0 radical (unpaired) electrons.